The molecule has 0 aliphatic heterocycles. The molecule has 0 N–H and O–H groups in total. The van der Waals surface area contributed by atoms with E-state index in [0.29, 0.717) is 0 Å². The molecular weight excluding hydrogens is 258 g/mol. The lowest BCUT2D eigenvalue weighted by Gasteiger charge is -2.12. The topological polar surface area (TPSA) is 21.1 Å². The molecule has 0 radical (unpaired) electrons. The van der Waals surface area contributed by atoms with Crippen molar-refractivity contribution >= 4 is 11.0 Å². The summed E-state index contributed by atoms with van der Waals surface area (Å²) in [6.07, 6.45) is 0.967. The third kappa shape index (κ3) is 3.14. The number of nitrogens with zero attached hydrogens (tertiary/aromatic N) is 3. The maximum absolute atomic E-state index is 4.82. The Morgan fingerprint density at radius 3 is 2.43 bits per heavy atom. The average molecular weight is 279 g/mol. The molecule has 3 rings (SSSR count). The van der Waals surface area contributed by atoms with Gasteiger partial charge in [0.2, 0.25) is 0 Å². The minimum atomic E-state index is 0.879. The van der Waals surface area contributed by atoms with Crippen LogP contribution in [-0.4, -0.2) is 35.1 Å². The predicted molar refractivity (Wildman–Crippen MR) is 87.5 cm³/mol. The van der Waals surface area contributed by atoms with Crippen molar-refractivity contribution in [2.75, 3.05) is 20.6 Å². The van der Waals surface area contributed by atoms with E-state index >= 15 is 0 Å². The van der Waals surface area contributed by atoms with Gasteiger partial charge in [-0.2, -0.15) is 0 Å². The quantitative estimate of drug-likeness (QED) is 0.715. The van der Waals surface area contributed by atoms with E-state index in [4.69, 9.17) is 4.98 Å². The highest BCUT2D eigenvalue weighted by molar-refractivity contribution is 5.76. The largest absolute Gasteiger partial charge is 0.323 e. The highest BCUT2D eigenvalue weighted by Gasteiger charge is 2.10. The third-order valence-electron chi connectivity index (χ3n) is 3.70. The van der Waals surface area contributed by atoms with Crippen molar-refractivity contribution in [3.63, 3.8) is 0 Å². The molecule has 21 heavy (non-hydrogen) atoms. The molecule has 0 amide bonds. The number of benzene rings is 2. The van der Waals surface area contributed by atoms with E-state index in [9.17, 15) is 0 Å². The molecular formula is C18H21N3. The van der Waals surface area contributed by atoms with E-state index in [1.54, 1.807) is 0 Å². The molecule has 0 fully saturated rings. The summed E-state index contributed by atoms with van der Waals surface area (Å²) < 4.78 is 2.34. The van der Waals surface area contributed by atoms with Crippen LogP contribution < -0.4 is 0 Å². The van der Waals surface area contributed by atoms with Gasteiger partial charge < -0.3 is 9.47 Å². The molecule has 0 saturated heterocycles. The predicted octanol–water partition coefficient (Wildman–Crippen LogP) is 3.19. The molecule has 0 unspecified atom stereocenters. The van der Waals surface area contributed by atoms with Crippen LogP contribution >= 0.6 is 0 Å². The summed E-state index contributed by atoms with van der Waals surface area (Å²) in [6.45, 7) is 1.89. The number of hydrogen-bond acceptors (Lipinski definition) is 2. The number of rotatable bonds is 5. The van der Waals surface area contributed by atoms with Gasteiger partial charge in [-0.05, 0) is 31.8 Å². The zero-order valence-electron chi connectivity index (χ0n) is 12.7. The van der Waals surface area contributed by atoms with E-state index in [1.165, 1.54) is 11.1 Å². The van der Waals surface area contributed by atoms with Gasteiger partial charge in [0.25, 0.3) is 0 Å². The fourth-order valence-corrected chi connectivity index (χ4v) is 2.58. The van der Waals surface area contributed by atoms with Gasteiger partial charge in [-0.25, -0.2) is 4.98 Å². The normalized spacial score (nSPS) is 11.4. The standard InChI is InChI=1S/C18H21N3/c1-20(2)13-12-18-19-16-10-6-7-11-17(16)21(18)14-15-8-4-3-5-9-15/h3-11H,12-14H2,1-2H3. The van der Waals surface area contributed by atoms with Gasteiger partial charge in [0.15, 0.2) is 0 Å². The van der Waals surface area contributed by atoms with Gasteiger partial charge in [0, 0.05) is 19.5 Å². The first-order valence-corrected chi connectivity index (χ1v) is 7.37. The monoisotopic (exact) mass is 279 g/mol. The van der Waals surface area contributed by atoms with Crippen LogP contribution in [0, 0.1) is 0 Å². The SMILES string of the molecule is CN(C)CCc1nc2ccccc2n1Cc1ccccc1. The lowest BCUT2D eigenvalue weighted by molar-refractivity contribution is 0.407. The average Bonchev–Trinajstić information content (AvgIpc) is 2.84. The second-order valence-corrected chi connectivity index (χ2v) is 5.64. The molecule has 108 valence electrons. The number of aromatic nitrogens is 2. The van der Waals surface area contributed by atoms with Crippen LogP contribution in [0.25, 0.3) is 11.0 Å². The highest BCUT2D eigenvalue weighted by Crippen LogP contribution is 2.18. The maximum atomic E-state index is 4.82. The summed E-state index contributed by atoms with van der Waals surface area (Å²) in [7, 11) is 4.20. The van der Waals surface area contributed by atoms with Crippen molar-refractivity contribution < 1.29 is 0 Å². The summed E-state index contributed by atoms with van der Waals surface area (Å²) in [5.74, 6) is 1.16. The Hall–Kier alpha value is -2.13. The number of imidazole rings is 1. The van der Waals surface area contributed by atoms with Gasteiger partial charge >= 0.3 is 0 Å². The summed E-state index contributed by atoms with van der Waals surface area (Å²) in [5, 5.41) is 0. The number of hydrogen-bond donors (Lipinski definition) is 0. The summed E-state index contributed by atoms with van der Waals surface area (Å²) in [4.78, 5) is 7.02. The van der Waals surface area contributed by atoms with Crippen molar-refractivity contribution in [2.24, 2.45) is 0 Å². The first kappa shape index (κ1) is 13.8. The van der Waals surface area contributed by atoms with E-state index < -0.39 is 0 Å². The maximum Gasteiger partial charge on any atom is 0.111 e. The summed E-state index contributed by atoms with van der Waals surface area (Å²) >= 11 is 0. The van der Waals surface area contributed by atoms with Gasteiger partial charge in [0.1, 0.15) is 5.82 Å². The highest BCUT2D eigenvalue weighted by atomic mass is 15.1. The molecule has 0 spiro atoms. The van der Waals surface area contributed by atoms with Gasteiger partial charge in [0.05, 0.1) is 11.0 Å². The van der Waals surface area contributed by atoms with E-state index in [0.717, 1.165) is 30.9 Å². The van der Waals surface area contributed by atoms with Crippen LogP contribution in [0.5, 0.6) is 0 Å². The third-order valence-corrected chi connectivity index (χ3v) is 3.70. The summed E-state index contributed by atoms with van der Waals surface area (Å²) in [5.41, 5.74) is 3.61. The molecule has 1 aromatic heterocycles. The Kier molecular flexibility index (Phi) is 4.02. The molecule has 2 aromatic carbocycles. The zero-order valence-corrected chi connectivity index (χ0v) is 12.7. The lowest BCUT2D eigenvalue weighted by atomic mass is 10.2. The van der Waals surface area contributed by atoms with Crippen molar-refractivity contribution in [1.29, 1.82) is 0 Å². The Labute approximate surface area is 125 Å². The van der Waals surface area contributed by atoms with Crippen molar-refractivity contribution in [2.45, 2.75) is 13.0 Å². The Bertz CT molecular complexity index is 714. The van der Waals surface area contributed by atoms with Crippen LogP contribution in [-0.2, 0) is 13.0 Å². The van der Waals surface area contributed by atoms with Crippen LogP contribution in [0.15, 0.2) is 54.6 Å². The molecule has 3 heteroatoms. The Morgan fingerprint density at radius 1 is 0.952 bits per heavy atom. The smallest absolute Gasteiger partial charge is 0.111 e. The Morgan fingerprint density at radius 2 is 1.67 bits per heavy atom. The van der Waals surface area contributed by atoms with E-state index in [-0.39, 0.29) is 0 Å². The molecule has 1 heterocycles. The minimum Gasteiger partial charge on any atom is -0.323 e. The molecule has 0 aliphatic carbocycles. The number of fused-ring (bicyclic) bond motifs is 1. The van der Waals surface area contributed by atoms with E-state index in [1.807, 2.05) is 0 Å². The van der Waals surface area contributed by atoms with Crippen LogP contribution in [0.1, 0.15) is 11.4 Å². The first-order chi connectivity index (χ1) is 10.2. The number of para-hydroxylation sites is 2. The molecule has 0 bridgehead atoms. The fourth-order valence-electron chi connectivity index (χ4n) is 2.58. The fraction of sp³-hybridized carbons (Fsp3) is 0.278. The van der Waals surface area contributed by atoms with Gasteiger partial charge in [-0.3, -0.25) is 0 Å². The second kappa shape index (κ2) is 6.10. The van der Waals surface area contributed by atoms with Gasteiger partial charge in [-0.1, -0.05) is 42.5 Å². The molecule has 0 atom stereocenters. The second-order valence-electron chi connectivity index (χ2n) is 5.64. The first-order valence-electron chi connectivity index (χ1n) is 7.37. The molecule has 0 saturated carbocycles. The van der Waals surface area contributed by atoms with Crippen LogP contribution in [0.2, 0.25) is 0 Å². The zero-order chi connectivity index (χ0) is 14.7. The van der Waals surface area contributed by atoms with Crippen molar-refractivity contribution in [3.8, 4) is 0 Å². The molecule has 3 aromatic rings. The van der Waals surface area contributed by atoms with Crippen molar-refractivity contribution in [1.82, 2.24) is 14.5 Å². The van der Waals surface area contributed by atoms with Crippen molar-refractivity contribution in [3.05, 3.63) is 66.0 Å². The molecule has 0 aliphatic rings. The lowest BCUT2D eigenvalue weighted by Crippen LogP contribution is -2.17. The van der Waals surface area contributed by atoms with Gasteiger partial charge in [-0.15, -0.1) is 0 Å². The van der Waals surface area contributed by atoms with Crippen LogP contribution in [0.3, 0.4) is 0 Å². The van der Waals surface area contributed by atoms with Crippen LogP contribution in [0.4, 0.5) is 0 Å². The minimum absolute atomic E-state index is 0.879. The molecule has 3 nitrogen and oxygen atoms in total. The summed E-state index contributed by atoms with van der Waals surface area (Å²) in [6, 6.07) is 19.0. The Balaban J connectivity index is 1.99. The van der Waals surface area contributed by atoms with E-state index in [2.05, 4.69) is 78.2 Å². The number of likely N-dealkylation sites (N-methyl/N-ethyl adjacent to an activating group) is 1.